The van der Waals surface area contributed by atoms with Gasteiger partial charge in [0.1, 0.15) is 0 Å². The van der Waals surface area contributed by atoms with Gasteiger partial charge in [-0.1, -0.05) is 37.5 Å². The SMILES string of the molecule is CCCC1CCC(C2=Cc3cc4cc(F)c(F)cc4cc3C2)CC1. The lowest BCUT2D eigenvalue weighted by atomic mass is 9.76. The second kappa shape index (κ2) is 6.31. The predicted octanol–water partition coefficient (Wildman–Crippen LogP) is 6.66. The van der Waals surface area contributed by atoms with Gasteiger partial charge in [-0.3, -0.25) is 0 Å². The van der Waals surface area contributed by atoms with Crippen LogP contribution in [0.2, 0.25) is 0 Å². The van der Waals surface area contributed by atoms with E-state index in [1.54, 1.807) is 0 Å². The van der Waals surface area contributed by atoms with E-state index in [-0.39, 0.29) is 0 Å². The highest BCUT2D eigenvalue weighted by molar-refractivity contribution is 5.87. The van der Waals surface area contributed by atoms with Crippen LogP contribution >= 0.6 is 0 Å². The minimum absolute atomic E-state index is 0.696. The highest BCUT2D eigenvalue weighted by Gasteiger charge is 2.26. The maximum Gasteiger partial charge on any atom is 0.159 e. The summed E-state index contributed by atoms with van der Waals surface area (Å²) in [6, 6.07) is 6.69. The largest absolute Gasteiger partial charge is 0.204 e. The number of rotatable bonds is 3. The minimum Gasteiger partial charge on any atom is -0.204 e. The predicted molar refractivity (Wildman–Crippen MR) is 95.9 cm³/mol. The van der Waals surface area contributed by atoms with Crippen molar-refractivity contribution < 1.29 is 8.78 Å². The molecule has 0 amide bonds. The Balaban J connectivity index is 1.56. The van der Waals surface area contributed by atoms with Gasteiger partial charge in [-0.15, -0.1) is 0 Å². The van der Waals surface area contributed by atoms with Gasteiger partial charge < -0.3 is 0 Å². The second-order valence-corrected chi connectivity index (χ2v) is 7.57. The molecule has 2 heteroatoms. The third-order valence-electron chi connectivity index (χ3n) is 5.94. The van der Waals surface area contributed by atoms with Gasteiger partial charge in [-0.2, -0.15) is 0 Å². The number of fused-ring (bicyclic) bond motifs is 2. The van der Waals surface area contributed by atoms with E-state index in [0.29, 0.717) is 5.92 Å². The van der Waals surface area contributed by atoms with E-state index in [4.69, 9.17) is 0 Å². The van der Waals surface area contributed by atoms with Crippen molar-refractivity contribution in [2.75, 3.05) is 0 Å². The quantitative estimate of drug-likeness (QED) is 0.591. The van der Waals surface area contributed by atoms with Gasteiger partial charge in [0, 0.05) is 0 Å². The van der Waals surface area contributed by atoms with Gasteiger partial charge >= 0.3 is 0 Å². The van der Waals surface area contributed by atoms with E-state index in [9.17, 15) is 8.78 Å². The van der Waals surface area contributed by atoms with Crippen LogP contribution in [0, 0.1) is 23.5 Å². The zero-order chi connectivity index (χ0) is 16.7. The molecule has 0 N–H and O–H groups in total. The summed E-state index contributed by atoms with van der Waals surface area (Å²) in [5, 5.41) is 1.59. The Kier molecular flexibility index (Phi) is 4.15. The molecule has 1 fully saturated rings. The summed E-state index contributed by atoms with van der Waals surface area (Å²) in [5.41, 5.74) is 3.98. The summed E-state index contributed by atoms with van der Waals surface area (Å²) in [4.78, 5) is 0. The molecule has 0 aliphatic heterocycles. The van der Waals surface area contributed by atoms with Crippen LogP contribution in [0.1, 0.15) is 56.6 Å². The van der Waals surface area contributed by atoms with Crippen LogP contribution < -0.4 is 0 Å². The first kappa shape index (κ1) is 15.8. The third-order valence-corrected chi connectivity index (χ3v) is 5.94. The molecule has 0 radical (unpaired) electrons. The highest BCUT2D eigenvalue weighted by Crippen LogP contribution is 2.40. The van der Waals surface area contributed by atoms with Crippen molar-refractivity contribution in [1.82, 2.24) is 0 Å². The molecule has 2 aromatic carbocycles. The standard InChI is InChI=1S/C22H24F2/c1-2-3-14-4-6-15(7-5-14)16-8-17-10-19-12-21(23)22(24)13-20(19)11-18(17)9-16/h8,10-15H,2-7,9H2,1H3. The third kappa shape index (κ3) is 2.87. The van der Waals surface area contributed by atoms with Crippen LogP contribution in [0.25, 0.3) is 16.8 Å². The summed E-state index contributed by atoms with van der Waals surface area (Å²) in [7, 11) is 0. The second-order valence-electron chi connectivity index (χ2n) is 7.57. The van der Waals surface area contributed by atoms with Crippen molar-refractivity contribution in [3.63, 3.8) is 0 Å². The van der Waals surface area contributed by atoms with E-state index in [2.05, 4.69) is 13.0 Å². The summed E-state index contributed by atoms with van der Waals surface area (Å²) in [6.07, 6.45) is 11.3. The van der Waals surface area contributed by atoms with Crippen molar-refractivity contribution in [1.29, 1.82) is 0 Å². The van der Waals surface area contributed by atoms with Crippen LogP contribution in [0.3, 0.4) is 0 Å². The van der Waals surface area contributed by atoms with Gasteiger partial charge in [-0.05, 0) is 84.0 Å². The molecule has 2 aromatic rings. The molecule has 0 atom stereocenters. The summed E-state index contributed by atoms with van der Waals surface area (Å²) >= 11 is 0. The molecule has 0 unspecified atom stereocenters. The zero-order valence-corrected chi connectivity index (χ0v) is 14.2. The molecule has 0 nitrogen and oxygen atoms in total. The fraction of sp³-hybridized carbons (Fsp3) is 0.455. The van der Waals surface area contributed by atoms with Crippen LogP contribution in [0.4, 0.5) is 8.78 Å². The van der Waals surface area contributed by atoms with Crippen molar-refractivity contribution in [3.8, 4) is 0 Å². The van der Waals surface area contributed by atoms with Gasteiger partial charge in [0.05, 0.1) is 0 Å². The number of allylic oxidation sites excluding steroid dienone is 1. The molecular formula is C22H24F2. The molecule has 1 saturated carbocycles. The smallest absolute Gasteiger partial charge is 0.159 e. The molecule has 2 aliphatic carbocycles. The first-order chi connectivity index (χ1) is 11.6. The average molecular weight is 326 g/mol. The fourth-order valence-corrected chi connectivity index (χ4v) is 4.61. The normalized spacial score (nSPS) is 23.4. The van der Waals surface area contributed by atoms with Crippen molar-refractivity contribution in [2.45, 2.75) is 51.9 Å². The molecule has 126 valence electrons. The first-order valence-electron chi connectivity index (χ1n) is 9.26. The van der Waals surface area contributed by atoms with Gasteiger partial charge in [0.25, 0.3) is 0 Å². The molecule has 0 aromatic heterocycles. The molecule has 0 heterocycles. The molecule has 2 aliphatic rings. The minimum atomic E-state index is -0.765. The number of halogens is 2. The molecule has 0 spiro atoms. The van der Waals surface area contributed by atoms with Crippen molar-refractivity contribution >= 4 is 16.8 Å². The van der Waals surface area contributed by atoms with E-state index < -0.39 is 11.6 Å². The average Bonchev–Trinajstić information content (AvgIpc) is 2.98. The number of hydrogen-bond donors (Lipinski definition) is 0. The summed E-state index contributed by atoms with van der Waals surface area (Å²) < 4.78 is 27.0. The number of benzene rings is 2. The fourth-order valence-electron chi connectivity index (χ4n) is 4.61. The monoisotopic (exact) mass is 326 g/mol. The lowest BCUT2D eigenvalue weighted by Crippen LogP contribution is -2.16. The van der Waals surface area contributed by atoms with Gasteiger partial charge in [0.15, 0.2) is 11.6 Å². The van der Waals surface area contributed by atoms with E-state index in [1.807, 2.05) is 12.1 Å². The molecule has 0 saturated heterocycles. The molecular weight excluding hydrogens is 302 g/mol. The maximum absolute atomic E-state index is 13.5. The zero-order valence-electron chi connectivity index (χ0n) is 14.2. The van der Waals surface area contributed by atoms with E-state index in [0.717, 1.165) is 23.1 Å². The van der Waals surface area contributed by atoms with Crippen molar-refractivity contribution in [2.24, 2.45) is 11.8 Å². The summed E-state index contributed by atoms with van der Waals surface area (Å²) in [6.45, 7) is 2.28. The maximum atomic E-state index is 13.5. The van der Waals surface area contributed by atoms with Gasteiger partial charge in [-0.25, -0.2) is 8.78 Å². The highest BCUT2D eigenvalue weighted by atomic mass is 19.2. The lowest BCUT2D eigenvalue weighted by Gasteiger charge is -2.29. The van der Waals surface area contributed by atoms with Crippen LogP contribution in [-0.2, 0) is 6.42 Å². The van der Waals surface area contributed by atoms with Gasteiger partial charge in [0.2, 0.25) is 0 Å². The van der Waals surface area contributed by atoms with Crippen LogP contribution in [0.5, 0.6) is 0 Å². The molecule has 4 rings (SSSR count). The Morgan fingerprint density at radius 3 is 2.25 bits per heavy atom. The van der Waals surface area contributed by atoms with Crippen LogP contribution in [-0.4, -0.2) is 0 Å². The Morgan fingerprint density at radius 1 is 0.917 bits per heavy atom. The Hall–Kier alpha value is -1.70. The first-order valence-corrected chi connectivity index (χ1v) is 9.26. The topological polar surface area (TPSA) is 0 Å². The Bertz CT molecular complexity index is 795. The van der Waals surface area contributed by atoms with E-state index in [1.165, 1.54) is 67.4 Å². The van der Waals surface area contributed by atoms with Crippen LogP contribution in [0.15, 0.2) is 29.8 Å². The van der Waals surface area contributed by atoms with E-state index >= 15 is 0 Å². The molecule has 24 heavy (non-hydrogen) atoms. The van der Waals surface area contributed by atoms with Crippen molar-refractivity contribution in [3.05, 3.63) is 52.6 Å². The Morgan fingerprint density at radius 2 is 1.58 bits per heavy atom. The molecule has 0 bridgehead atoms. The summed E-state index contributed by atoms with van der Waals surface area (Å²) in [5.74, 6) is 0.0908. The number of hydrogen-bond acceptors (Lipinski definition) is 0. The lowest BCUT2D eigenvalue weighted by molar-refractivity contribution is 0.285. The Labute approximate surface area is 142 Å².